The molecule has 0 saturated carbocycles. The van der Waals surface area contributed by atoms with E-state index in [0.717, 1.165) is 35.4 Å². The van der Waals surface area contributed by atoms with E-state index in [1.54, 1.807) is 18.0 Å². The minimum Gasteiger partial charge on any atom is -0.379 e. The first-order valence-corrected chi connectivity index (χ1v) is 11.4. The van der Waals surface area contributed by atoms with Gasteiger partial charge < -0.3 is 16.4 Å². The number of rotatable bonds is 8. The maximum atomic E-state index is 12.4. The van der Waals surface area contributed by atoms with Crippen molar-refractivity contribution in [3.8, 4) is 0 Å². The van der Waals surface area contributed by atoms with E-state index in [0.29, 0.717) is 17.3 Å². The number of amides is 1. The largest absolute Gasteiger partial charge is 0.379 e. The summed E-state index contributed by atoms with van der Waals surface area (Å²) >= 11 is 1.59. The molecule has 1 atom stereocenters. The van der Waals surface area contributed by atoms with Crippen molar-refractivity contribution in [2.45, 2.75) is 53.0 Å². The van der Waals surface area contributed by atoms with Gasteiger partial charge in [-0.1, -0.05) is 50.4 Å². The lowest BCUT2D eigenvalue weighted by Crippen LogP contribution is -2.29. The number of nitrogens with zero attached hydrogens (tertiary/aromatic N) is 1. The Morgan fingerprint density at radius 3 is 2.57 bits per heavy atom. The maximum Gasteiger partial charge on any atom is 0.251 e. The summed E-state index contributed by atoms with van der Waals surface area (Å²) in [6, 6.07) is 7.67. The quantitative estimate of drug-likeness (QED) is 0.504. The number of amidine groups is 1. The van der Waals surface area contributed by atoms with E-state index in [4.69, 9.17) is 5.73 Å². The van der Waals surface area contributed by atoms with Crippen LogP contribution in [0.25, 0.3) is 0 Å². The van der Waals surface area contributed by atoms with Crippen LogP contribution in [0.3, 0.4) is 0 Å². The molecular weight excluding hydrogens is 392 g/mol. The van der Waals surface area contributed by atoms with Gasteiger partial charge >= 0.3 is 0 Å². The molecule has 1 unspecified atom stereocenters. The molecule has 1 heterocycles. The second kappa shape index (κ2) is 13.0. The van der Waals surface area contributed by atoms with E-state index in [-0.39, 0.29) is 11.4 Å². The lowest BCUT2D eigenvalue weighted by atomic mass is 9.89. The van der Waals surface area contributed by atoms with Crippen molar-refractivity contribution in [3.63, 3.8) is 0 Å². The van der Waals surface area contributed by atoms with Crippen LogP contribution in [0.2, 0.25) is 0 Å². The van der Waals surface area contributed by atoms with Gasteiger partial charge in [-0.2, -0.15) is 0 Å². The summed E-state index contributed by atoms with van der Waals surface area (Å²) in [7, 11) is 0. The van der Waals surface area contributed by atoms with Crippen molar-refractivity contribution >= 4 is 22.8 Å². The molecule has 0 aromatic heterocycles. The third-order valence-electron chi connectivity index (χ3n) is 4.80. The van der Waals surface area contributed by atoms with Crippen LogP contribution in [-0.4, -0.2) is 23.4 Å². The highest BCUT2D eigenvalue weighted by Gasteiger charge is 2.29. The molecule has 0 bridgehead atoms. The molecule has 2 rings (SSSR count). The minimum absolute atomic E-state index is 0.0732. The summed E-state index contributed by atoms with van der Waals surface area (Å²) in [5.74, 6) is 0.882. The first-order chi connectivity index (χ1) is 14.4. The smallest absolute Gasteiger partial charge is 0.251 e. The average molecular weight is 429 g/mol. The Morgan fingerprint density at radius 1 is 1.33 bits per heavy atom. The summed E-state index contributed by atoms with van der Waals surface area (Å²) in [5, 5.41) is 6.73. The average Bonchev–Trinajstić information content (AvgIpc) is 2.75. The molecule has 0 saturated heterocycles. The van der Waals surface area contributed by atoms with Crippen LogP contribution < -0.4 is 16.4 Å². The van der Waals surface area contributed by atoms with Gasteiger partial charge in [0.05, 0.1) is 5.54 Å². The van der Waals surface area contributed by atoms with Crippen LogP contribution in [0.5, 0.6) is 0 Å². The summed E-state index contributed by atoms with van der Waals surface area (Å²) in [5.41, 5.74) is 9.48. The number of nitrogens with one attached hydrogen (secondary N) is 2. The molecule has 164 valence electrons. The second-order valence-corrected chi connectivity index (χ2v) is 8.06. The molecule has 4 N–H and O–H groups in total. The van der Waals surface area contributed by atoms with Gasteiger partial charge in [-0.25, -0.2) is 0 Å². The number of hydrogen-bond donors (Lipinski definition) is 3. The zero-order chi connectivity index (χ0) is 22.6. The number of benzene rings is 1. The summed E-state index contributed by atoms with van der Waals surface area (Å²) in [6.45, 7) is 14.4. The van der Waals surface area contributed by atoms with Gasteiger partial charge in [0.15, 0.2) is 5.17 Å². The first kappa shape index (κ1) is 25.6. The molecule has 30 heavy (non-hydrogen) atoms. The van der Waals surface area contributed by atoms with E-state index < -0.39 is 0 Å². The molecule has 0 spiro atoms. The van der Waals surface area contributed by atoms with Crippen LogP contribution in [0.15, 0.2) is 65.5 Å². The predicted molar refractivity (Wildman–Crippen MR) is 132 cm³/mol. The molecule has 1 aliphatic rings. The lowest BCUT2D eigenvalue weighted by molar-refractivity contribution is 0.0954. The highest BCUT2D eigenvalue weighted by Crippen LogP contribution is 2.34. The van der Waals surface area contributed by atoms with E-state index in [1.165, 1.54) is 0 Å². The van der Waals surface area contributed by atoms with Crippen molar-refractivity contribution in [2.75, 3.05) is 12.3 Å². The maximum absolute atomic E-state index is 12.4. The van der Waals surface area contributed by atoms with E-state index in [2.05, 4.69) is 29.1 Å². The Balaban J connectivity index is 0.00000218. The van der Waals surface area contributed by atoms with E-state index >= 15 is 0 Å². The fraction of sp³-hybridized carbons (Fsp3) is 0.417. The molecule has 1 aliphatic heterocycles. The summed E-state index contributed by atoms with van der Waals surface area (Å²) in [6.07, 6.45) is 7.31. The molecule has 1 aromatic rings. The first-order valence-electron chi connectivity index (χ1n) is 10.5. The number of aliphatic imine (C=N–C) groups is 1. The molecule has 5 nitrogen and oxygen atoms in total. The van der Waals surface area contributed by atoms with Crippen molar-refractivity contribution in [2.24, 2.45) is 10.7 Å². The molecule has 1 aromatic carbocycles. The zero-order valence-electron chi connectivity index (χ0n) is 18.9. The van der Waals surface area contributed by atoms with E-state index in [1.807, 2.05) is 64.1 Å². The number of hydrogen-bond acceptors (Lipinski definition) is 5. The van der Waals surface area contributed by atoms with Crippen molar-refractivity contribution in [3.05, 3.63) is 71.6 Å². The molecule has 6 heteroatoms. The second-order valence-electron chi connectivity index (χ2n) is 6.95. The van der Waals surface area contributed by atoms with Crippen LogP contribution in [0, 0.1) is 0 Å². The third kappa shape index (κ3) is 7.41. The monoisotopic (exact) mass is 428 g/mol. The number of nitrogens with two attached hydrogens (primary N) is 1. The van der Waals surface area contributed by atoms with Crippen LogP contribution in [0.4, 0.5) is 0 Å². The number of allylic oxidation sites excluding steroid dienone is 2. The lowest BCUT2D eigenvalue weighted by Gasteiger charge is -2.29. The predicted octanol–water partition coefficient (Wildman–Crippen LogP) is 5.08. The van der Waals surface area contributed by atoms with Gasteiger partial charge in [-0.05, 0) is 69.2 Å². The van der Waals surface area contributed by atoms with Crippen LogP contribution in [0.1, 0.15) is 63.4 Å². The Hall–Kier alpha value is -2.47. The van der Waals surface area contributed by atoms with Gasteiger partial charge in [0.2, 0.25) is 0 Å². The molecular formula is C24H36N4OS. The molecule has 0 aliphatic carbocycles. The van der Waals surface area contributed by atoms with Crippen molar-refractivity contribution in [1.82, 2.24) is 10.6 Å². The van der Waals surface area contributed by atoms with E-state index in [9.17, 15) is 4.79 Å². The van der Waals surface area contributed by atoms with Gasteiger partial charge in [0.25, 0.3) is 5.91 Å². The van der Waals surface area contributed by atoms with Gasteiger partial charge in [0, 0.05) is 23.6 Å². The highest BCUT2D eigenvalue weighted by molar-refractivity contribution is 8.13. The summed E-state index contributed by atoms with van der Waals surface area (Å²) in [4.78, 5) is 17.1. The van der Waals surface area contributed by atoms with Gasteiger partial charge in [-0.3, -0.25) is 9.79 Å². The Kier molecular flexibility index (Phi) is 11.0. The fourth-order valence-electron chi connectivity index (χ4n) is 3.07. The van der Waals surface area contributed by atoms with Gasteiger partial charge in [0.1, 0.15) is 0 Å². The zero-order valence-corrected chi connectivity index (χ0v) is 19.7. The Morgan fingerprint density at radius 2 is 2.00 bits per heavy atom. The Bertz CT molecular complexity index is 796. The molecule has 0 radical (unpaired) electrons. The SMILES string of the molecule is C=CNC(/C=C\C)=C(/C)CCNC(=O)c1ccc(C2(C)CCSC(N)=N2)cc1.CC. The number of carbonyl (C=O) groups is 1. The van der Waals surface area contributed by atoms with Crippen LogP contribution in [-0.2, 0) is 5.54 Å². The summed E-state index contributed by atoms with van der Waals surface area (Å²) < 4.78 is 0. The van der Waals surface area contributed by atoms with Crippen molar-refractivity contribution < 1.29 is 4.79 Å². The Labute approximate surface area is 186 Å². The minimum atomic E-state index is -0.312. The normalized spacial score (nSPS) is 19.2. The molecule has 0 fully saturated rings. The number of carbonyl (C=O) groups excluding carboxylic acids is 1. The van der Waals surface area contributed by atoms with Crippen molar-refractivity contribution in [1.29, 1.82) is 0 Å². The van der Waals surface area contributed by atoms with Crippen LogP contribution >= 0.6 is 11.8 Å². The fourth-order valence-corrected chi connectivity index (χ4v) is 4.04. The number of thioether (sulfide) groups is 1. The van der Waals surface area contributed by atoms with Gasteiger partial charge in [-0.15, -0.1) is 0 Å². The third-order valence-corrected chi connectivity index (χ3v) is 5.60. The standard InChI is InChI=1S/C22H30N4OS.C2H6/c1-5-7-19(24-6-2)16(3)12-14-25-20(27)17-8-10-18(11-9-17)22(4)13-15-28-21(23)26-22;1-2/h5-11,24H,2,12-15H2,1,3-4H3,(H2,23,26)(H,25,27);1-2H3/b7-5-,19-16-;. The highest BCUT2D eigenvalue weighted by atomic mass is 32.2. The topological polar surface area (TPSA) is 79.5 Å². The molecule has 1 amide bonds.